The minimum Gasteiger partial charge on any atom is -0.478 e. The molecular formula is C10H7ClF3NO4. The zero-order valence-corrected chi connectivity index (χ0v) is 9.88. The molecule has 1 amide bonds. The lowest BCUT2D eigenvalue weighted by Gasteiger charge is -2.14. The van der Waals surface area contributed by atoms with Crippen molar-refractivity contribution >= 4 is 29.2 Å². The summed E-state index contributed by atoms with van der Waals surface area (Å²) in [6, 6.07) is 2.55. The summed E-state index contributed by atoms with van der Waals surface area (Å²) in [5.41, 5.74) is -0.734. The van der Waals surface area contributed by atoms with Crippen molar-refractivity contribution in [1.82, 2.24) is 0 Å². The molecular weight excluding hydrogens is 291 g/mol. The van der Waals surface area contributed by atoms with Gasteiger partial charge in [-0.1, -0.05) is 0 Å². The van der Waals surface area contributed by atoms with Gasteiger partial charge in [0, 0.05) is 0 Å². The third-order valence-electron chi connectivity index (χ3n) is 1.85. The minimum absolute atomic E-state index is 0.306. The highest BCUT2D eigenvalue weighted by atomic mass is 35.5. The first kappa shape index (κ1) is 15.1. The normalized spacial score (nSPS) is 10.9. The monoisotopic (exact) mass is 297 g/mol. The second kappa shape index (κ2) is 5.79. The third kappa shape index (κ3) is 4.66. The average Bonchev–Trinajstić information content (AvgIpc) is 2.29. The largest absolute Gasteiger partial charge is 0.573 e. The second-order valence-electron chi connectivity index (χ2n) is 3.25. The van der Waals surface area contributed by atoms with Crippen LogP contribution in [0.5, 0.6) is 5.75 Å². The number of rotatable bonds is 4. The zero-order chi connectivity index (χ0) is 14.6. The van der Waals surface area contributed by atoms with Crippen molar-refractivity contribution in [2.75, 3.05) is 11.2 Å². The highest BCUT2D eigenvalue weighted by Crippen LogP contribution is 2.31. The SMILES string of the molecule is O=C(CCl)Nc1cc(C(=O)O)ccc1OC(F)(F)F. The number of anilines is 1. The minimum atomic E-state index is -4.97. The van der Waals surface area contributed by atoms with E-state index in [9.17, 15) is 22.8 Å². The number of carbonyl (C=O) groups excluding carboxylic acids is 1. The first-order valence-electron chi connectivity index (χ1n) is 4.72. The molecule has 1 rings (SSSR count). The number of carboxylic acids is 1. The smallest absolute Gasteiger partial charge is 0.478 e. The van der Waals surface area contributed by atoms with Crippen LogP contribution in [0.3, 0.4) is 0 Å². The molecule has 9 heteroatoms. The van der Waals surface area contributed by atoms with Gasteiger partial charge in [0.25, 0.3) is 0 Å². The van der Waals surface area contributed by atoms with Crippen molar-refractivity contribution in [3.05, 3.63) is 23.8 Å². The summed E-state index contributed by atoms with van der Waals surface area (Å²) in [4.78, 5) is 21.8. The Morgan fingerprint density at radius 2 is 2.00 bits per heavy atom. The van der Waals surface area contributed by atoms with Crippen LogP contribution in [0, 0.1) is 0 Å². The summed E-state index contributed by atoms with van der Waals surface area (Å²) in [5, 5.41) is 10.7. The molecule has 0 aliphatic heterocycles. The fourth-order valence-electron chi connectivity index (χ4n) is 1.16. The summed E-state index contributed by atoms with van der Waals surface area (Å²) in [6.07, 6.45) is -4.97. The van der Waals surface area contributed by atoms with Gasteiger partial charge in [-0.05, 0) is 18.2 Å². The van der Waals surface area contributed by atoms with Crippen LogP contribution in [0.25, 0.3) is 0 Å². The van der Waals surface area contributed by atoms with Gasteiger partial charge in [0.1, 0.15) is 5.88 Å². The van der Waals surface area contributed by atoms with Crippen molar-refractivity contribution in [2.45, 2.75) is 6.36 Å². The maximum absolute atomic E-state index is 12.1. The van der Waals surface area contributed by atoms with E-state index >= 15 is 0 Å². The Balaban J connectivity index is 3.14. The van der Waals surface area contributed by atoms with E-state index in [1.165, 1.54) is 0 Å². The van der Waals surface area contributed by atoms with Gasteiger partial charge in [-0.3, -0.25) is 4.79 Å². The van der Waals surface area contributed by atoms with Crippen LogP contribution in [-0.4, -0.2) is 29.2 Å². The molecule has 0 atom stereocenters. The van der Waals surface area contributed by atoms with Crippen molar-refractivity contribution < 1.29 is 32.6 Å². The molecule has 2 N–H and O–H groups in total. The Kier molecular flexibility index (Phi) is 4.60. The summed E-state index contributed by atoms with van der Waals surface area (Å²) < 4.78 is 40.0. The second-order valence-corrected chi connectivity index (χ2v) is 3.51. The summed E-state index contributed by atoms with van der Waals surface area (Å²) in [6.45, 7) is 0. The molecule has 0 spiro atoms. The fraction of sp³-hybridized carbons (Fsp3) is 0.200. The molecule has 0 bridgehead atoms. The van der Waals surface area contributed by atoms with E-state index in [-0.39, 0.29) is 5.56 Å². The van der Waals surface area contributed by atoms with Crippen molar-refractivity contribution in [1.29, 1.82) is 0 Å². The standard InChI is InChI=1S/C10H7ClF3NO4/c11-4-8(16)15-6-3-5(9(17)18)1-2-7(6)19-10(12,13)14/h1-3H,4H2,(H,15,16)(H,17,18). The van der Waals surface area contributed by atoms with E-state index in [0.717, 1.165) is 18.2 Å². The maximum atomic E-state index is 12.1. The van der Waals surface area contributed by atoms with E-state index < -0.39 is 35.6 Å². The van der Waals surface area contributed by atoms with E-state index in [4.69, 9.17) is 16.7 Å². The summed E-state index contributed by atoms with van der Waals surface area (Å²) >= 11 is 5.20. The number of amides is 1. The maximum Gasteiger partial charge on any atom is 0.573 e. The molecule has 19 heavy (non-hydrogen) atoms. The Morgan fingerprint density at radius 1 is 1.37 bits per heavy atom. The lowest BCUT2D eigenvalue weighted by atomic mass is 10.2. The summed E-state index contributed by atoms with van der Waals surface area (Å²) in [5.74, 6) is -3.38. The van der Waals surface area contributed by atoms with Crippen LogP contribution in [0.15, 0.2) is 18.2 Å². The Labute approximate surface area is 109 Å². The molecule has 0 saturated heterocycles. The Hall–Kier alpha value is -1.96. The highest BCUT2D eigenvalue weighted by Gasteiger charge is 2.32. The van der Waals surface area contributed by atoms with Crippen LogP contribution in [0.1, 0.15) is 10.4 Å². The number of nitrogens with one attached hydrogen (secondary N) is 1. The predicted molar refractivity (Wildman–Crippen MR) is 59.4 cm³/mol. The molecule has 0 aliphatic carbocycles. The molecule has 0 unspecified atom stereocenters. The number of benzene rings is 1. The van der Waals surface area contributed by atoms with Gasteiger partial charge in [-0.2, -0.15) is 0 Å². The van der Waals surface area contributed by atoms with Crippen LogP contribution < -0.4 is 10.1 Å². The quantitative estimate of drug-likeness (QED) is 0.837. The number of carboxylic acid groups (broad SMARTS) is 1. The zero-order valence-electron chi connectivity index (χ0n) is 9.12. The molecule has 0 aromatic heterocycles. The van der Waals surface area contributed by atoms with Gasteiger partial charge in [0.2, 0.25) is 5.91 Å². The van der Waals surface area contributed by atoms with Gasteiger partial charge in [-0.25, -0.2) is 4.79 Å². The van der Waals surface area contributed by atoms with E-state index in [1.807, 2.05) is 5.32 Å². The van der Waals surface area contributed by atoms with Gasteiger partial charge in [0.05, 0.1) is 11.3 Å². The number of carbonyl (C=O) groups is 2. The Bertz CT molecular complexity index is 504. The molecule has 0 aliphatic rings. The lowest BCUT2D eigenvalue weighted by molar-refractivity contribution is -0.274. The Morgan fingerprint density at radius 3 is 2.47 bits per heavy atom. The first-order chi connectivity index (χ1) is 8.73. The number of hydrogen-bond acceptors (Lipinski definition) is 3. The predicted octanol–water partition coefficient (Wildman–Crippen LogP) is 2.46. The van der Waals surface area contributed by atoms with E-state index in [1.54, 1.807) is 0 Å². The highest BCUT2D eigenvalue weighted by molar-refractivity contribution is 6.29. The molecule has 5 nitrogen and oxygen atoms in total. The van der Waals surface area contributed by atoms with Gasteiger partial charge in [0.15, 0.2) is 5.75 Å². The lowest BCUT2D eigenvalue weighted by Crippen LogP contribution is -2.20. The van der Waals surface area contributed by atoms with E-state index in [0.29, 0.717) is 0 Å². The van der Waals surface area contributed by atoms with Crippen molar-refractivity contribution in [3.63, 3.8) is 0 Å². The topological polar surface area (TPSA) is 75.6 Å². The molecule has 1 aromatic rings. The number of ether oxygens (including phenoxy) is 1. The molecule has 0 saturated carbocycles. The number of alkyl halides is 4. The van der Waals surface area contributed by atoms with Crippen LogP contribution in [0.4, 0.5) is 18.9 Å². The van der Waals surface area contributed by atoms with Crippen molar-refractivity contribution in [3.8, 4) is 5.75 Å². The summed E-state index contributed by atoms with van der Waals surface area (Å²) in [7, 11) is 0. The van der Waals surface area contributed by atoms with E-state index in [2.05, 4.69) is 4.74 Å². The molecule has 0 radical (unpaired) electrons. The molecule has 104 valence electrons. The van der Waals surface area contributed by atoms with Gasteiger partial charge >= 0.3 is 12.3 Å². The van der Waals surface area contributed by atoms with Crippen molar-refractivity contribution in [2.24, 2.45) is 0 Å². The molecule has 0 fully saturated rings. The van der Waals surface area contributed by atoms with Gasteiger partial charge in [-0.15, -0.1) is 24.8 Å². The van der Waals surface area contributed by atoms with Crippen LogP contribution in [-0.2, 0) is 4.79 Å². The third-order valence-corrected chi connectivity index (χ3v) is 2.09. The number of halogens is 4. The van der Waals surface area contributed by atoms with Crippen LogP contribution >= 0.6 is 11.6 Å². The molecule has 1 aromatic carbocycles. The van der Waals surface area contributed by atoms with Gasteiger partial charge < -0.3 is 15.2 Å². The first-order valence-corrected chi connectivity index (χ1v) is 5.25. The number of aromatic carboxylic acids is 1. The van der Waals surface area contributed by atoms with Crippen LogP contribution in [0.2, 0.25) is 0 Å². The number of hydrogen-bond donors (Lipinski definition) is 2. The average molecular weight is 298 g/mol. The fourth-order valence-corrected chi connectivity index (χ4v) is 1.22. The molecule has 0 heterocycles.